The number of pyridine rings is 1. The zero-order chi connectivity index (χ0) is 17.1. The minimum Gasteiger partial charge on any atom is -0.375 e. The molecule has 0 saturated carbocycles. The molecule has 24 heavy (non-hydrogen) atoms. The van der Waals surface area contributed by atoms with Crippen molar-refractivity contribution in [3.05, 3.63) is 64.3 Å². The molecule has 1 heterocycles. The van der Waals surface area contributed by atoms with Crippen LogP contribution in [0.3, 0.4) is 0 Å². The maximum Gasteiger partial charge on any atom is 0.243 e. The van der Waals surface area contributed by atoms with E-state index in [1.807, 2.05) is 62.5 Å². The molecule has 0 atom stereocenters. The van der Waals surface area contributed by atoms with Gasteiger partial charge in [-0.1, -0.05) is 34.1 Å². The Balaban J connectivity index is 1.72. The second-order valence-corrected chi connectivity index (χ2v) is 6.55. The van der Waals surface area contributed by atoms with Gasteiger partial charge in [0.15, 0.2) is 0 Å². The van der Waals surface area contributed by atoms with E-state index < -0.39 is 0 Å². The maximum atomic E-state index is 12.2. The van der Waals surface area contributed by atoms with Gasteiger partial charge < -0.3 is 10.6 Å². The van der Waals surface area contributed by atoms with Crippen LogP contribution in [0.1, 0.15) is 11.1 Å². The van der Waals surface area contributed by atoms with Crippen LogP contribution in [0.4, 0.5) is 11.4 Å². The first kappa shape index (κ1) is 16.5. The number of aromatic nitrogens is 1. The van der Waals surface area contributed by atoms with Crippen LogP contribution in [0.25, 0.3) is 10.9 Å². The van der Waals surface area contributed by atoms with Crippen LogP contribution >= 0.6 is 15.9 Å². The number of amides is 1. The number of nitrogens with zero attached hydrogens (tertiary/aromatic N) is 1. The van der Waals surface area contributed by atoms with Gasteiger partial charge >= 0.3 is 0 Å². The van der Waals surface area contributed by atoms with Crippen molar-refractivity contribution >= 4 is 44.1 Å². The molecule has 0 aliphatic rings. The van der Waals surface area contributed by atoms with Crippen molar-refractivity contribution in [1.82, 2.24) is 4.98 Å². The first-order valence-electron chi connectivity index (χ1n) is 7.69. The Hall–Kier alpha value is -2.40. The first-order valence-corrected chi connectivity index (χ1v) is 8.48. The number of halogens is 1. The molecule has 0 radical (unpaired) electrons. The van der Waals surface area contributed by atoms with Gasteiger partial charge in [-0.2, -0.15) is 0 Å². The maximum absolute atomic E-state index is 12.2. The van der Waals surface area contributed by atoms with Crippen LogP contribution in [-0.4, -0.2) is 17.4 Å². The summed E-state index contributed by atoms with van der Waals surface area (Å²) >= 11 is 3.46. The Kier molecular flexibility index (Phi) is 4.81. The number of carbonyl (C=O) groups excluding carboxylic acids is 1. The van der Waals surface area contributed by atoms with Crippen LogP contribution in [-0.2, 0) is 4.79 Å². The molecule has 3 aromatic rings. The third-order valence-corrected chi connectivity index (χ3v) is 4.72. The summed E-state index contributed by atoms with van der Waals surface area (Å²) in [6.07, 6.45) is 1.82. The molecule has 0 aliphatic carbocycles. The summed E-state index contributed by atoms with van der Waals surface area (Å²) in [5.41, 5.74) is 4.74. The third kappa shape index (κ3) is 3.57. The topological polar surface area (TPSA) is 54.0 Å². The summed E-state index contributed by atoms with van der Waals surface area (Å²) in [5, 5.41) is 7.17. The van der Waals surface area contributed by atoms with Crippen LogP contribution in [0.5, 0.6) is 0 Å². The standard InChI is InChI=1S/C19H18BrN3O/c1-12-9-14(7-8-16(12)20)23-18(24)11-22-19-13(2)10-21-17-6-4-3-5-15(17)19/h3-10H,11H2,1-2H3,(H,21,22)(H,23,24). The average molecular weight is 384 g/mol. The van der Waals surface area contributed by atoms with Gasteiger partial charge in [-0.15, -0.1) is 0 Å². The van der Waals surface area contributed by atoms with E-state index in [0.29, 0.717) is 0 Å². The van der Waals surface area contributed by atoms with Crippen molar-refractivity contribution in [2.75, 3.05) is 17.2 Å². The fraction of sp³-hybridized carbons (Fsp3) is 0.158. The van der Waals surface area contributed by atoms with E-state index in [-0.39, 0.29) is 12.5 Å². The van der Waals surface area contributed by atoms with Crippen molar-refractivity contribution in [2.45, 2.75) is 13.8 Å². The molecule has 0 unspecified atom stereocenters. The number of para-hydroxylation sites is 1. The minimum atomic E-state index is -0.0861. The number of benzene rings is 2. The van der Waals surface area contributed by atoms with E-state index in [4.69, 9.17) is 0 Å². The number of anilines is 2. The zero-order valence-corrected chi connectivity index (χ0v) is 15.1. The number of rotatable bonds is 4. The minimum absolute atomic E-state index is 0.0861. The van der Waals surface area contributed by atoms with Crippen LogP contribution in [0.15, 0.2) is 53.1 Å². The van der Waals surface area contributed by atoms with Gasteiger partial charge in [0, 0.05) is 27.4 Å². The lowest BCUT2D eigenvalue weighted by molar-refractivity contribution is -0.114. The predicted octanol–water partition coefficient (Wildman–Crippen LogP) is 4.66. The van der Waals surface area contributed by atoms with Gasteiger partial charge in [0.1, 0.15) is 0 Å². The predicted molar refractivity (Wildman–Crippen MR) is 102 cm³/mol. The van der Waals surface area contributed by atoms with Crippen LogP contribution in [0, 0.1) is 13.8 Å². The van der Waals surface area contributed by atoms with E-state index in [0.717, 1.165) is 37.9 Å². The van der Waals surface area contributed by atoms with E-state index in [1.54, 1.807) is 0 Å². The molecule has 2 N–H and O–H groups in total. The van der Waals surface area contributed by atoms with Gasteiger partial charge in [-0.25, -0.2) is 0 Å². The highest BCUT2D eigenvalue weighted by Gasteiger charge is 2.08. The molecular weight excluding hydrogens is 366 g/mol. The molecule has 5 heteroatoms. The SMILES string of the molecule is Cc1cc(NC(=O)CNc2c(C)cnc3ccccc23)ccc1Br. The number of hydrogen-bond donors (Lipinski definition) is 2. The number of fused-ring (bicyclic) bond motifs is 1. The quantitative estimate of drug-likeness (QED) is 0.688. The molecule has 122 valence electrons. The van der Waals surface area contributed by atoms with Crippen molar-refractivity contribution in [3.63, 3.8) is 0 Å². The Labute approximate surface area is 149 Å². The fourth-order valence-corrected chi connectivity index (χ4v) is 2.82. The summed E-state index contributed by atoms with van der Waals surface area (Å²) in [6, 6.07) is 13.6. The zero-order valence-electron chi connectivity index (χ0n) is 13.6. The van der Waals surface area contributed by atoms with E-state index in [1.165, 1.54) is 0 Å². The molecule has 3 rings (SSSR count). The molecule has 1 aromatic heterocycles. The highest BCUT2D eigenvalue weighted by atomic mass is 79.9. The normalized spacial score (nSPS) is 10.6. The van der Waals surface area contributed by atoms with E-state index in [9.17, 15) is 4.79 Å². The van der Waals surface area contributed by atoms with Crippen LogP contribution < -0.4 is 10.6 Å². The van der Waals surface area contributed by atoms with Crippen LogP contribution in [0.2, 0.25) is 0 Å². The largest absolute Gasteiger partial charge is 0.375 e. The molecular formula is C19H18BrN3O. The van der Waals surface area contributed by atoms with E-state index in [2.05, 4.69) is 31.5 Å². The Morgan fingerprint density at radius 3 is 2.71 bits per heavy atom. The lowest BCUT2D eigenvalue weighted by atomic mass is 10.1. The Morgan fingerprint density at radius 1 is 1.12 bits per heavy atom. The molecule has 0 aliphatic heterocycles. The van der Waals surface area contributed by atoms with Crippen molar-refractivity contribution in [3.8, 4) is 0 Å². The van der Waals surface area contributed by atoms with E-state index >= 15 is 0 Å². The Morgan fingerprint density at radius 2 is 1.92 bits per heavy atom. The molecule has 0 fully saturated rings. The molecule has 0 saturated heterocycles. The van der Waals surface area contributed by atoms with Gasteiger partial charge in [-0.3, -0.25) is 9.78 Å². The summed E-state index contributed by atoms with van der Waals surface area (Å²) in [6.45, 7) is 4.17. The summed E-state index contributed by atoms with van der Waals surface area (Å²) in [5.74, 6) is -0.0861. The fourth-order valence-electron chi connectivity index (χ4n) is 2.57. The van der Waals surface area contributed by atoms with Gasteiger partial charge in [0.25, 0.3) is 0 Å². The van der Waals surface area contributed by atoms with Crippen molar-refractivity contribution < 1.29 is 4.79 Å². The molecule has 2 aromatic carbocycles. The molecule has 0 bridgehead atoms. The van der Waals surface area contributed by atoms with Gasteiger partial charge in [-0.05, 0) is 49.2 Å². The molecule has 0 spiro atoms. The highest BCUT2D eigenvalue weighted by Crippen LogP contribution is 2.25. The number of hydrogen-bond acceptors (Lipinski definition) is 3. The van der Waals surface area contributed by atoms with Gasteiger partial charge in [0.2, 0.25) is 5.91 Å². The second kappa shape index (κ2) is 7.01. The summed E-state index contributed by atoms with van der Waals surface area (Å²) in [4.78, 5) is 16.6. The van der Waals surface area contributed by atoms with Gasteiger partial charge in [0.05, 0.1) is 12.1 Å². The third-order valence-electron chi connectivity index (χ3n) is 3.83. The first-order chi connectivity index (χ1) is 11.5. The van der Waals surface area contributed by atoms with Crippen molar-refractivity contribution in [2.24, 2.45) is 0 Å². The summed E-state index contributed by atoms with van der Waals surface area (Å²) in [7, 11) is 0. The Bertz CT molecular complexity index is 908. The molecule has 4 nitrogen and oxygen atoms in total. The lowest BCUT2D eigenvalue weighted by Gasteiger charge is -2.13. The van der Waals surface area contributed by atoms with Crippen molar-refractivity contribution in [1.29, 1.82) is 0 Å². The lowest BCUT2D eigenvalue weighted by Crippen LogP contribution is -2.22. The number of nitrogens with one attached hydrogen (secondary N) is 2. The molecule has 1 amide bonds. The number of aryl methyl sites for hydroxylation is 2. The second-order valence-electron chi connectivity index (χ2n) is 5.70. The monoisotopic (exact) mass is 383 g/mol. The highest BCUT2D eigenvalue weighted by molar-refractivity contribution is 9.10. The average Bonchev–Trinajstić information content (AvgIpc) is 2.57. The number of carbonyl (C=O) groups is 1. The smallest absolute Gasteiger partial charge is 0.243 e. The summed E-state index contributed by atoms with van der Waals surface area (Å²) < 4.78 is 1.03.